The van der Waals surface area contributed by atoms with Crippen molar-refractivity contribution in [3.05, 3.63) is 6.20 Å². The molecule has 0 bridgehead atoms. The van der Waals surface area contributed by atoms with E-state index in [2.05, 4.69) is 41.7 Å². The van der Waals surface area contributed by atoms with Crippen molar-refractivity contribution >= 4 is 41.3 Å². The van der Waals surface area contributed by atoms with Crippen molar-refractivity contribution < 1.29 is 54.2 Å². The van der Waals surface area contributed by atoms with E-state index in [1.165, 1.54) is 18.0 Å². The van der Waals surface area contributed by atoms with Crippen molar-refractivity contribution in [3.8, 4) is 0 Å². The number of aliphatic hydroxyl groups excluding tert-OH is 5. The SMILES string of the molecule is CCCCCCC(=O)N[C@H](CSC[C@@H](COC(=O)CCCCCC)OC(=O)CCCCCC)C(=O)Nc1cn([C@@H]2[C@H](O)[C@H](O)[C@@H](O)[C@H](O)[C@H]2O)nn1. The van der Waals surface area contributed by atoms with E-state index in [1.54, 1.807) is 0 Å². The highest BCUT2D eigenvalue weighted by Crippen LogP contribution is 2.30. The van der Waals surface area contributed by atoms with E-state index >= 15 is 0 Å². The summed E-state index contributed by atoms with van der Waals surface area (Å²) >= 11 is 1.23. The topological polar surface area (TPSA) is 243 Å². The Kier molecular flexibility index (Phi) is 22.0. The molecule has 1 aliphatic rings. The summed E-state index contributed by atoms with van der Waals surface area (Å²) < 4.78 is 12.1. The molecule has 1 aliphatic carbocycles. The van der Waals surface area contributed by atoms with Gasteiger partial charge in [-0.2, -0.15) is 11.8 Å². The molecule has 8 atom stereocenters. The molecule has 0 unspecified atom stereocenters. The van der Waals surface area contributed by atoms with E-state index in [-0.39, 0.29) is 55.1 Å². The number of esters is 2. The average Bonchev–Trinajstić information content (AvgIpc) is 3.58. The van der Waals surface area contributed by atoms with Gasteiger partial charge in [-0.1, -0.05) is 83.8 Å². The van der Waals surface area contributed by atoms with Gasteiger partial charge in [0.25, 0.3) is 0 Å². The van der Waals surface area contributed by atoms with E-state index in [0.29, 0.717) is 19.3 Å². The number of rotatable bonds is 26. The molecule has 0 aliphatic heterocycles. The van der Waals surface area contributed by atoms with Gasteiger partial charge in [0.1, 0.15) is 55.3 Å². The number of nitrogens with one attached hydrogen (secondary N) is 2. The third-order valence-electron chi connectivity index (χ3n) is 8.86. The number of anilines is 1. The molecule has 1 fully saturated rings. The summed E-state index contributed by atoms with van der Waals surface area (Å²) in [6, 6.07) is -2.46. The Bertz CT molecular complexity index is 1190. The number of aliphatic hydroxyl groups is 5. The summed E-state index contributed by atoms with van der Waals surface area (Å²) in [6.45, 7) is 6.08. The minimum atomic E-state index is -1.79. The first kappa shape index (κ1) is 45.3. The fourth-order valence-corrected chi connectivity index (χ4v) is 6.74. The summed E-state index contributed by atoms with van der Waals surface area (Å²) in [4.78, 5) is 51.4. The summed E-state index contributed by atoms with van der Waals surface area (Å²) in [7, 11) is 0. The van der Waals surface area contributed by atoms with Gasteiger partial charge in [0.2, 0.25) is 11.8 Å². The Morgan fingerprint density at radius 2 is 1.29 bits per heavy atom. The Labute approximate surface area is 310 Å². The highest BCUT2D eigenvalue weighted by Gasteiger charge is 2.49. The van der Waals surface area contributed by atoms with Crippen molar-refractivity contribution in [1.82, 2.24) is 20.3 Å². The average molecular weight is 760 g/mol. The van der Waals surface area contributed by atoms with E-state index < -0.39 is 60.6 Å². The maximum atomic E-state index is 13.5. The van der Waals surface area contributed by atoms with E-state index in [4.69, 9.17) is 9.47 Å². The fourth-order valence-electron chi connectivity index (χ4n) is 5.71. The van der Waals surface area contributed by atoms with Gasteiger partial charge in [-0.15, -0.1) is 5.10 Å². The van der Waals surface area contributed by atoms with Crippen LogP contribution in [0.5, 0.6) is 0 Å². The lowest BCUT2D eigenvalue weighted by atomic mass is 9.83. The Hall–Kier alpha value is -2.83. The third kappa shape index (κ3) is 16.0. The Morgan fingerprint density at radius 1 is 0.750 bits per heavy atom. The van der Waals surface area contributed by atoms with Crippen LogP contribution in [0.25, 0.3) is 0 Å². The number of hydrogen-bond acceptors (Lipinski definition) is 14. The van der Waals surface area contributed by atoms with Crippen LogP contribution in [0.15, 0.2) is 6.20 Å². The first-order valence-electron chi connectivity index (χ1n) is 18.8. The van der Waals surface area contributed by atoms with Gasteiger partial charge in [-0.3, -0.25) is 19.2 Å². The maximum Gasteiger partial charge on any atom is 0.306 e. The second-order valence-electron chi connectivity index (χ2n) is 13.4. The minimum Gasteiger partial charge on any atom is -0.462 e. The monoisotopic (exact) mass is 759 g/mol. The van der Waals surface area contributed by atoms with E-state index in [0.717, 1.165) is 62.5 Å². The van der Waals surface area contributed by atoms with Crippen LogP contribution in [0, 0.1) is 0 Å². The van der Waals surface area contributed by atoms with Crippen molar-refractivity contribution in [1.29, 1.82) is 0 Å². The van der Waals surface area contributed by atoms with Gasteiger partial charge >= 0.3 is 11.9 Å². The van der Waals surface area contributed by atoms with Crippen molar-refractivity contribution in [2.24, 2.45) is 0 Å². The summed E-state index contributed by atoms with van der Waals surface area (Å²) in [5.41, 5.74) is 0. The molecular formula is C35H61N5O11S. The van der Waals surface area contributed by atoms with Crippen LogP contribution in [0.2, 0.25) is 0 Å². The highest BCUT2D eigenvalue weighted by atomic mass is 32.2. The van der Waals surface area contributed by atoms with Crippen LogP contribution in [0.3, 0.4) is 0 Å². The third-order valence-corrected chi connectivity index (χ3v) is 10.0. The van der Waals surface area contributed by atoms with Gasteiger partial charge in [0, 0.05) is 30.8 Å². The molecule has 17 heteroatoms. The zero-order valence-corrected chi connectivity index (χ0v) is 31.7. The van der Waals surface area contributed by atoms with E-state index in [9.17, 15) is 44.7 Å². The van der Waals surface area contributed by atoms with Crippen LogP contribution < -0.4 is 10.6 Å². The molecular weight excluding hydrogens is 698 g/mol. The largest absolute Gasteiger partial charge is 0.462 e. The van der Waals surface area contributed by atoms with Crippen LogP contribution in [0.4, 0.5) is 5.82 Å². The number of thioether (sulfide) groups is 1. The summed E-state index contributed by atoms with van der Waals surface area (Å²) in [6.07, 6.45) is 3.13. The number of ether oxygens (including phenoxy) is 2. The Morgan fingerprint density at radius 3 is 1.87 bits per heavy atom. The molecule has 298 valence electrons. The highest BCUT2D eigenvalue weighted by molar-refractivity contribution is 7.99. The quantitative estimate of drug-likeness (QED) is 0.0529. The molecule has 52 heavy (non-hydrogen) atoms. The molecule has 2 amide bonds. The normalized spacial score (nSPS) is 22.7. The van der Waals surface area contributed by atoms with E-state index in [1.807, 2.05) is 0 Å². The smallest absolute Gasteiger partial charge is 0.306 e. The first-order chi connectivity index (χ1) is 24.9. The lowest BCUT2D eigenvalue weighted by Gasteiger charge is -2.41. The second kappa shape index (κ2) is 25.2. The molecule has 0 radical (unpaired) electrons. The number of hydrogen-bond donors (Lipinski definition) is 7. The number of carbonyl (C=O) groups excluding carboxylic acids is 4. The second-order valence-corrected chi connectivity index (χ2v) is 14.5. The molecule has 2 rings (SSSR count). The van der Waals surface area contributed by atoms with Crippen LogP contribution in [-0.4, -0.2) is 125 Å². The van der Waals surface area contributed by atoms with Crippen molar-refractivity contribution in [2.75, 3.05) is 23.4 Å². The summed E-state index contributed by atoms with van der Waals surface area (Å²) in [5.74, 6) is -1.61. The number of amides is 2. The molecule has 0 aromatic carbocycles. The maximum absolute atomic E-state index is 13.5. The van der Waals surface area contributed by atoms with Crippen LogP contribution in [-0.2, 0) is 28.7 Å². The molecule has 16 nitrogen and oxygen atoms in total. The predicted molar refractivity (Wildman–Crippen MR) is 194 cm³/mol. The van der Waals surface area contributed by atoms with Gasteiger partial charge in [-0.05, 0) is 19.3 Å². The molecule has 1 saturated carbocycles. The molecule has 0 spiro atoms. The molecule has 1 aromatic rings. The van der Waals surface area contributed by atoms with Crippen molar-refractivity contribution in [2.45, 2.75) is 166 Å². The molecule has 1 heterocycles. The predicted octanol–water partition coefficient (Wildman–Crippen LogP) is 2.16. The Balaban J connectivity index is 2.11. The van der Waals surface area contributed by atoms with Gasteiger partial charge in [-0.25, -0.2) is 4.68 Å². The lowest BCUT2D eigenvalue weighted by molar-refractivity contribution is -0.200. The number of carbonyl (C=O) groups is 4. The molecule has 0 saturated heterocycles. The molecule has 7 N–H and O–H groups in total. The zero-order valence-electron chi connectivity index (χ0n) is 30.9. The first-order valence-corrected chi connectivity index (χ1v) is 19.9. The number of nitrogens with zero attached hydrogens (tertiary/aromatic N) is 3. The fraction of sp³-hybridized carbons (Fsp3) is 0.829. The van der Waals surface area contributed by atoms with Crippen LogP contribution >= 0.6 is 11.8 Å². The van der Waals surface area contributed by atoms with Gasteiger partial charge in [0.05, 0.1) is 6.20 Å². The lowest BCUT2D eigenvalue weighted by Crippen LogP contribution is -2.61. The van der Waals surface area contributed by atoms with Crippen LogP contribution in [0.1, 0.15) is 123 Å². The minimum absolute atomic E-state index is 0.0620. The number of unbranched alkanes of at least 4 members (excludes halogenated alkanes) is 9. The number of aromatic nitrogens is 3. The molecule has 1 aromatic heterocycles. The van der Waals surface area contributed by atoms with Crippen molar-refractivity contribution in [3.63, 3.8) is 0 Å². The van der Waals surface area contributed by atoms with Gasteiger partial charge < -0.3 is 45.6 Å². The zero-order chi connectivity index (χ0) is 38.5. The van der Waals surface area contributed by atoms with Gasteiger partial charge in [0.15, 0.2) is 5.82 Å². The standard InChI is InChI=1S/C35H61N5O11S/c1-4-7-10-13-16-26(41)36-24(35(49)37-25-19-40(39-38-25)29-30(44)32(46)34(48)33(47)31(29)45)22-52-21-23(51-28(43)18-15-12-9-6-3)20-50-27(42)17-14-11-8-5-2/h19,23-24,29-34,44-48H,4-18,20-22H2,1-3H3,(H,36,41)(H,37,49)/t23-,24-,29-,30+,31+,32+,33-,34-/m1/s1. The summed E-state index contributed by atoms with van der Waals surface area (Å²) in [5, 5.41) is 64.0.